The number of para-hydroxylation sites is 1. The molecule has 0 amide bonds. The van der Waals surface area contributed by atoms with Crippen LogP contribution in [0.2, 0.25) is 0 Å². The number of aromatic nitrogens is 1. The first-order chi connectivity index (χ1) is 7.98. The molecule has 0 unspecified atom stereocenters. The van der Waals surface area contributed by atoms with Gasteiger partial charge in [0.1, 0.15) is 11.5 Å². The standard InChI is InChI=1S/C14H17NO2/c1-10-12(14(2,3)4)13(15-17-10)16-11-8-6-5-7-9-11/h5-9H,1-4H3. The molecule has 1 heterocycles. The zero-order valence-corrected chi connectivity index (χ0v) is 10.7. The van der Waals surface area contributed by atoms with E-state index in [0.717, 1.165) is 17.1 Å². The van der Waals surface area contributed by atoms with Crippen LogP contribution in [0.4, 0.5) is 0 Å². The lowest BCUT2D eigenvalue weighted by molar-refractivity contribution is 0.355. The van der Waals surface area contributed by atoms with E-state index in [4.69, 9.17) is 9.26 Å². The summed E-state index contributed by atoms with van der Waals surface area (Å²) in [5, 5.41) is 3.98. The Morgan fingerprint density at radius 1 is 1.12 bits per heavy atom. The van der Waals surface area contributed by atoms with Crippen LogP contribution in [0, 0.1) is 6.92 Å². The van der Waals surface area contributed by atoms with Gasteiger partial charge in [0.2, 0.25) is 0 Å². The Hall–Kier alpha value is -1.77. The van der Waals surface area contributed by atoms with E-state index in [1.807, 2.05) is 37.3 Å². The van der Waals surface area contributed by atoms with Crippen molar-refractivity contribution in [2.75, 3.05) is 0 Å². The summed E-state index contributed by atoms with van der Waals surface area (Å²) < 4.78 is 11.0. The topological polar surface area (TPSA) is 35.3 Å². The van der Waals surface area contributed by atoms with Crippen molar-refractivity contribution in [2.24, 2.45) is 0 Å². The first-order valence-electron chi connectivity index (χ1n) is 5.68. The van der Waals surface area contributed by atoms with E-state index in [1.54, 1.807) is 0 Å². The zero-order chi connectivity index (χ0) is 12.5. The molecule has 0 radical (unpaired) electrons. The second kappa shape index (κ2) is 4.24. The quantitative estimate of drug-likeness (QED) is 0.781. The maximum atomic E-state index is 5.75. The summed E-state index contributed by atoms with van der Waals surface area (Å²) in [5.41, 5.74) is 0.968. The molecule has 0 aliphatic carbocycles. The molecule has 1 aromatic carbocycles. The van der Waals surface area contributed by atoms with Crippen molar-refractivity contribution in [3.63, 3.8) is 0 Å². The van der Waals surface area contributed by atoms with E-state index in [1.165, 1.54) is 0 Å². The van der Waals surface area contributed by atoms with Crippen molar-refractivity contribution in [1.82, 2.24) is 5.16 Å². The molecule has 0 fully saturated rings. The van der Waals surface area contributed by atoms with Crippen LogP contribution in [0.5, 0.6) is 11.6 Å². The molecular weight excluding hydrogens is 214 g/mol. The van der Waals surface area contributed by atoms with Gasteiger partial charge < -0.3 is 9.26 Å². The van der Waals surface area contributed by atoms with E-state index >= 15 is 0 Å². The predicted octanol–water partition coefficient (Wildman–Crippen LogP) is 4.07. The van der Waals surface area contributed by atoms with Crippen molar-refractivity contribution in [1.29, 1.82) is 0 Å². The summed E-state index contributed by atoms with van der Waals surface area (Å²) in [6, 6.07) is 9.61. The Kier molecular flexibility index (Phi) is 2.92. The lowest BCUT2D eigenvalue weighted by Crippen LogP contribution is -2.12. The average molecular weight is 231 g/mol. The van der Waals surface area contributed by atoms with Gasteiger partial charge in [-0.2, -0.15) is 0 Å². The molecule has 0 aliphatic heterocycles. The minimum absolute atomic E-state index is 0.0474. The van der Waals surface area contributed by atoms with Crippen LogP contribution in [0.15, 0.2) is 34.9 Å². The van der Waals surface area contributed by atoms with Crippen LogP contribution in [0.1, 0.15) is 32.1 Å². The normalized spacial score (nSPS) is 11.5. The van der Waals surface area contributed by atoms with Crippen molar-refractivity contribution < 1.29 is 9.26 Å². The molecule has 3 nitrogen and oxygen atoms in total. The highest BCUT2D eigenvalue weighted by molar-refractivity contribution is 5.37. The Morgan fingerprint density at radius 3 is 2.35 bits per heavy atom. The third kappa shape index (κ3) is 2.49. The first-order valence-corrected chi connectivity index (χ1v) is 5.68. The monoisotopic (exact) mass is 231 g/mol. The molecule has 0 saturated heterocycles. The molecule has 3 heteroatoms. The van der Waals surface area contributed by atoms with Crippen LogP contribution in [0.25, 0.3) is 0 Å². The Labute approximate surface area is 101 Å². The molecule has 0 N–H and O–H groups in total. The molecule has 0 atom stereocenters. The average Bonchev–Trinajstić information content (AvgIpc) is 2.60. The summed E-state index contributed by atoms with van der Waals surface area (Å²) in [7, 11) is 0. The summed E-state index contributed by atoms with van der Waals surface area (Å²) in [4.78, 5) is 0. The smallest absolute Gasteiger partial charge is 0.263 e. The molecule has 1 aromatic heterocycles. The van der Waals surface area contributed by atoms with Crippen molar-refractivity contribution in [3.8, 4) is 11.6 Å². The van der Waals surface area contributed by atoms with Gasteiger partial charge in [-0.25, -0.2) is 0 Å². The number of benzene rings is 1. The second-order valence-electron chi connectivity index (χ2n) is 5.08. The van der Waals surface area contributed by atoms with E-state index in [9.17, 15) is 0 Å². The van der Waals surface area contributed by atoms with Gasteiger partial charge in [-0.1, -0.05) is 39.0 Å². The molecule has 0 bridgehead atoms. The Balaban J connectivity index is 2.35. The summed E-state index contributed by atoms with van der Waals surface area (Å²) in [6.07, 6.45) is 0. The SMILES string of the molecule is Cc1onc(Oc2ccccc2)c1C(C)(C)C. The molecule has 2 rings (SSSR count). The van der Waals surface area contributed by atoms with Crippen molar-refractivity contribution in [2.45, 2.75) is 33.1 Å². The minimum atomic E-state index is -0.0474. The predicted molar refractivity (Wildman–Crippen MR) is 66.5 cm³/mol. The van der Waals surface area contributed by atoms with E-state index < -0.39 is 0 Å². The maximum absolute atomic E-state index is 5.75. The van der Waals surface area contributed by atoms with Gasteiger partial charge in [-0.3, -0.25) is 0 Å². The van der Waals surface area contributed by atoms with Crippen LogP contribution < -0.4 is 4.74 Å². The molecule has 0 saturated carbocycles. The van der Waals surface area contributed by atoms with E-state index in [-0.39, 0.29) is 5.41 Å². The lowest BCUT2D eigenvalue weighted by Gasteiger charge is -2.18. The Bertz CT molecular complexity index is 495. The minimum Gasteiger partial charge on any atom is -0.436 e. The van der Waals surface area contributed by atoms with Gasteiger partial charge in [0, 0.05) is 0 Å². The third-order valence-corrected chi connectivity index (χ3v) is 2.54. The lowest BCUT2D eigenvalue weighted by atomic mass is 9.87. The van der Waals surface area contributed by atoms with Gasteiger partial charge >= 0.3 is 0 Å². The third-order valence-electron chi connectivity index (χ3n) is 2.54. The van der Waals surface area contributed by atoms with Crippen LogP contribution >= 0.6 is 0 Å². The van der Waals surface area contributed by atoms with E-state index in [2.05, 4.69) is 25.9 Å². The van der Waals surface area contributed by atoms with Crippen molar-refractivity contribution >= 4 is 0 Å². The largest absolute Gasteiger partial charge is 0.436 e. The highest BCUT2D eigenvalue weighted by Gasteiger charge is 2.26. The molecule has 17 heavy (non-hydrogen) atoms. The number of aryl methyl sites for hydroxylation is 1. The number of ether oxygens (including phenoxy) is 1. The summed E-state index contributed by atoms with van der Waals surface area (Å²) >= 11 is 0. The van der Waals surface area contributed by atoms with Gasteiger partial charge in [0.15, 0.2) is 0 Å². The van der Waals surface area contributed by atoms with Gasteiger partial charge in [0.05, 0.1) is 5.56 Å². The van der Waals surface area contributed by atoms with Crippen LogP contribution in [0.3, 0.4) is 0 Å². The van der Waals surface area contributed by atoms with Gasteiger partial charge in [0.25, 0.3) is 5.88 Å². The van der Waals surface area contributed by atoms with E-state index in [0.29, 0.717) is 5.88 Å². The highest BCUT2D eigenvalue weighted by Crippen LogP contribution is 2.35. The fourth-order valence-electron chi connectivity index (χ4n) is 1.87. The zero-order valence-electron chi connectivity index (χ0n) is 10.7. The van der Waals surface area contributed by atoms with Gasteiger partial charge in [-0.05, 0) is 29.6 Å². The highest BCUT2D eigenvalue weighted by atomic mass is 16.5. The molecule has 2 aromatic rings. The summed E-state index contributed by atoms with van der Waals surface area (Å²) in [5.74, 6) is 2.14. The summed E-state index contributed by atoms with van der Waals surface area (Å²) in [6.45, 7) is 8.25. The first kappa shape index (κ1) is 11.7. The number of rotatable bonds is 2. The second-order valence-corrected chi connectivity index (χ2v) is 5.08. The van der Waals surface area contributed by atoms with Gasteiger partial charge in [-0.15, -0.1) is 0 Å². The fourth-order valence-corrected chi connectivity index (χ4v) is 1.87. The molecule has 0 spiro atoms. The van der Waals surface area contributed by atoms with Crippen molar-refractivity contribution in [3.05, 3.63) is 41.7 Å². The number of nitrogens with zero attached hydrogens (tertiary/aromatic N) is 1. The maximum Gasteiger partial charge on any atom is 0.263 e. The molecular formula is C14H17NO2. The molecule has 0 aliphatic rings. The van der Waals surface area contributed by atoms with Crippen LogP contribution in [-0.4, -0.2) is 5.16 Å². The Morgan fingerprint density at radius 2 is 1.76 bits per heavy atom. The number of hydrogen-bond donors (Lipinski definition) is 0. The van der Waals surface area contributed by atoms with Crippen LogP contribution in [-0.2, 0) is 5.41 Å². The fraction of sp³-hybridized carbons (Fsp3) is 0.357. The molecule has 90 valence electrons. The number of hydrogen-bond acceptors (Lipinski definition) is 3.